The molecule has 2 rings (SSSR count). The van der Waals surface area contributed by atoms with Crippen molar-refractivity contribution in [1.82, 2.24) is 5.32 Å². The highest BCUT2D eigenvalue weighted by atomic mass is 79.9. The average molecular weight is 349 g/mol. The zero-order chi connectivity index (χ0) is 15.4. The number of nitrogens with one attached hydrogen (secondary N) is 1. The van der Waals surface area contributed by atoms with Gasteiger partial charge in [-0.3, -0.25) is 10.1 Å². The molecule has 21 heavy (non-hydrogen) atoms. The molecular formula is C16H17BrN2O2. The summed E-state index contributed by atoms with van der Waals surface area (Å²) < 4.78 is 1.06. The van der Waals surface area contributed by atoms with Crippen LogP contribution in [0.5, 0.6) is 0 Å². The normalized spacial score (nSPS) is 12.1. The van der Waals surface area contributed by atoms with Crippen molar-refractivity contribution in [3.8, 4) is 0 Å². The van der Waals surface area contributed by atoms with Gasteiger partial charge in [0.05, 0.1) is 4.92 Å². The molecule has 0 aromatic heterocycles. The number of nitro benzene ring substituents is 1. The van der Waals surface area contributed by atoms with Crippen molar-refractivity contribution in [3.05, 3.63) is 73.7 Å². The standard InChI is InChI=1S/C16H17BrN2O2/c1-11-7-8-13(9-16(11)19(20)21)10-18-12(2)14-5-3-4-6-15(14)17/h3-9,12,18H,10H2,1-2H3. The minimum Gasteiger partial charge on any atom is -0.306 e. The maximum atomic E-state index is 11.0. The number of benzene rings is 2. The number of rotatable bonds is 5. The van der Waals surface area contributed by atoms with E-state index in [1.165, 1.54) is 5.56 Å². The molecule has 0 aliphatic rings. The van der Waals surface area contributed by atoms with E-state index < -0.39 is 0 Å². The first-order chi connectivity index (χ1) is 9.99. The predicted molar refractivity (Wildman–Crippen MR) is 87.2 cm³/mol. The first-order valence-electron chi connectivity index (χ1n) is 6.70. The van der Waals surface area contributed by atoms with E-state index in [1.807, 2.05) is 24.3 Å². The van der Waals surface area contributed by atoms with Crippen LogP contribution in [0.2, 0.25) is 0 Å². The molecule has 0 saturated carbocycles. The number of halogens is 1. The van der Waals surface area contributed by atoms with Gasteiger partial charge in [-0.15, -0.1) is 0 Å². The van der Waals surface area contributed by atoms with Crippen molar-refractivity contribution in [2.45, 2.75) is 26.4 Å². The van der Waals surface area contributed by atoms with Crippen molar-refractivity contribution in [2.24, 2.45) is 0 Å². The molecule has 110 valence electrons. The van der Waals surface area contributed by atoms with E-state index in [4.69, 9.17) is 0 Å². The van der Waals surface area contributed by atoms with E-state index in [0.717, 1.165) is 10.0 Å². The van der Waals surface area contributed by atoms with Crippen molar-refractivity contribution in [3.63, 3.8) is 0 Å². The van der Waals surface area contributed by atoms with E-state index in [2.05, 4.69) is 34.2 Å². The highest BCUT2D eigenvalue weighted by Crippen LogP contribution is 2.24. The Balaban J connectivity index is 2.08. The molecule has 0 bridgehead atoms. The monoisotopic (exact) mass is 348 g/mol. The van der Waals surface area contributed by atoms with E-state index in [0.29, 0.717) is 12.1 Å². The average Bonchev–Trinajstić information content (AvgIpc) is 2.46. The van der Waals surface area contributed by atoms with Crippen LogP contribution < -0.4 is 5.32 Å². The third-order valence-electron chi connectivity index (χ3n) is 3.45. The number of nitro groups is 1. The molecule has 2 aromatic carbocycles. The van der Waals surface area contributed by atoms with E-state index in [1.54, 1.807) is 19.1 Å². The second-order valence-electron chi connectivity index (χ2n) is 5.00. The molecule has 0 aliphatic carbocycles. The highest BCUT2D eigenvalue weighted by molar-refractivity contribution is 9.10. The minimum atomic E-state index is -0.337. The number of hydrogen-bond acceptors (Lipinski definition) is 3. The first-order valence-corrected chi connectivity index (χ1v) is 7.50. The fraction of sp³-hybridized carbons (Fsp3) is 0.250. The Kier molecular flexibility index (Phi) is 5.09. The lowest BCUT2D eigenvalue weighted by Crippen LogP contribution is -2.18. The summed E-state index contributed by atoms with van der Waals surface area (Å²) >= 11 is 3.53. The van der Waals surface area contributed by atoms with Crippen LogP contribution >= 0.6 is 15.9 Å². The zero-order valence-electron chi connectivity index (χ0n) is 12.0. The van der Waals surface area contributed by atoms with Crippen molar-refractivity contribution < 1.29 is 4.92 Å². The minimum absolute atomic E-state index is 0.154. The van der Waals surface area contributed by atoms with Gasteiger partial charge in [-0.2, -0.15) is 0 Å². The lowest BCUT2D eigenvalue weighted by molar-refractivity contribution is -0.385. The largest absolute Gasteiger partial charge is 0.306 e. The second kappa shape index (κ2) is 6.83. The summed E-state index contributed by atoms with van der Waals surface area (Å²) in [6.07, 6.45) is 0. The molecule has 0 heterocycles. The third-order valence-corrected chi connectivity index (χ3v) is 4.18. The van der Waals surface area contributed by atoms with Crippen LogP contribution in [0.1, 0.15) is 29.7 Å². The van der Waals surface area contributed by atoms with Crippen LogP contribution in [0.25, 0.3) is 0 Å². The second-order valence-corrected chi connectivity index (χ2v) is 5.86. The number of nitrogens with zero attached hydrogens (tertiary/aromatic N) is 1. The molecule has 1 N–H and O–H groups in total. The molecule has 4 nitrogen and oxygen atoms in total. The Labute approximate surface area is 132 Å². The fourth-order valence-electron chi connectivity index (χ4n) is 2.17. The Morgan fingerprint density at radius 2 is 2.00 bits per heavy atom. The van der Waals surface area contributed by atoms with Gasteiger partial charge in [0.2, 0.25) is 0 Å². The van der Waals surface area contributed by atoms with Crippen molar-refractivity contribution in [1.29, 1.82) is 0 Å². The van der Waals surface area contributed by atoms with Crippen LogP contribution in [0, 0.1) is 17.0 Å². The van der Waals surface area contributed by atoms with Gasteiger partial charge in [0.15, 0.2) is 0 Å². The van der Waals surface area contributed by atoms with Gasteiger partial charge in [0.25, 0.3) is 5.69 Å². The van der Waals surface area contributed by atoms with Gasteiger partial charge in [-0.1, -0.05) is 46.3 Å². The summed E-state index contributed by atoms with van der Waals surface area (Å²) in [6, 6.07) is 13.5. The van der Waals surface area contributed by atoms with Crippen LogP contribution in [0.4, 0.5) is 5.69 Å². The van der Waals surface area contributed by atoms with Gasteiger partial charge in [-0.25, -0.2) is 0 Å². The smallest absolute Gasteiger partial charge is 0.272 e. The van der Waals surface area contributed by atoms with E-state index >= 15 is 0 Å². The van der Waals surface area contributed by atoms with Crippen LogP contribution in [-0.4, -0.2) is 4.92 Å². The quantitative estimate of drug-likeness (QED) is 0.638. The van der Waals surface area contributed by atoms with Crippen LogP contribution in [0.3, 0.4) is 0 Å². The SMILES string of the molecule is Cc1ccc(CNC(C)c2ccccc2Br)cc1[N+](=O)[O-]. The summed E-state index contributed by atoms with van der Waals surface area (Å²) in [4.78, 5) is 10.6. The Bertz CT molecular complexity index is 658. The van der Waals surface area contributed by atoms with Gasteiger partial charge < -0.3 is 5.32 Å². The third kappa shape index (κ3) is 3.89. The molecular weight excluding hydrogens is 332 g/mol. The predicted octanol–water partition coefficient (Wildman–Crippen LogP) is 4.52. The fourth-order valence-corrected chi connectivity index (χ4v) is 2.80. The van der Waals surface area contributed by atoms with Gasteiger partial charge in [0, 0.05) is 28.7 Å². The van der Waals surface area contributed by atoms with Crippen LogP contribution in [0.15, 0.2) is 46.9 Å². The van der Waals surface area contributed by atoms with Gasteiger partial charge in [0.1, 0.15) is 0 Å². The molecule has 0 radical (unpaired) electrons. The topological polar surface area (TPSA) is 55.2 Å². The van der Waals surface area contributed by atoms with Crippen LogP contribution in [-0.2, 0) is 6.54 Å². The zero-order valence-corrected chi connectivity index (χ0v) is 13.6. The number of hydrogen-bond donors (Lipinski definition) is 1. The number of aryl methyl sites for hydroxylation is 1. The van der Waals surface area contributed by atoms with E-state index in [9.17, 15) is 10.1 Å². The summed E-state index contributed by atoms with van der Waals surface area (Å²) in [5.74, 6) is 0. The van der Waals surface area contributed by atoms with E-state index in [-0.39, 0.29) is 16.7 Å². The molecule has 5 heteroatoms. The molecule has 0 fully saturated rings. The highest BCUT2D eigenvalue weighted by Gasteiger charge is 2.12. The summed E-state index contributed by atoms with van der Waals surface area (Å²) in [5.41, 5.74) is 2.93. The summed E-state index contributed by atoms with van der Waals surface area (Å²) in [6.45, 7) is 4.41. The van der Waals surface area contributed by atoms with Crippen molar-refractivity contribution in [2.75, 3.05) is 0 Å². The summed E-state index contributed by atoms with van der Waals surface area (Å²) in [5, 5.41) is 14.3. The molecule has 0 saturated heterocycles. The molecule has 0 spiro atoms. The molecule has 2 aromatic rings. The maximum Gasteiger partial charge on any atom is 0.272 e. The molecule has 1 unspecified atom stereocenters. The van der Waals surface area contributed by atoms with Gasteiger partial charge in [-0.05, 0) is 31.0 Å². The maximum absolute atomic E-state index is 11.0. The van der Waals surface area contributed by atoms with Crippen molar-refractivity contribution >= 4 is 21.6 Å². The molecule has 0 aliphatic heterocycles. The Morgan fingerprint density at radius 3 is 2.67 bits per heavy atom. The Hall–Kier alpha value is -1.72. The lowest BCUT2D eigenvalue weighted by atomic mass is 10.1. The lowest BCUT2D eigenvalue weighted by Gasteiger charge is -2.16. The first kappa shape index (κ1) is 15.7. The van der Waals surface area contributed by atoms with Gasteiger partial charge >= 0.3 is 0 Å². The molecule has 1 atom stereocenters. The molecule has 0 amide bonds. The summed E-state index contributed by atoms with van der Waals surface area (Å²) in [7, 11) is 0. The Morgan fingerprint density at radius 1 is 1.29 bits per heavy atom.